The monoisotopic (exact) mass is 406 g/mol. The summed E-state index contributed by atoms with van der Waals surface area (Å²) in [4.78, 5) is 36.5. The minimum Gasteiger partial charge on any atom is -0.336 e. The number of hydrogen-bond donors (Lipinski definition) is 0. The summed E-state index contributed by atoms with van der Waals surface area (Å²) < 4.78 is 1.74. The Balaban J connectivity index is 1.55. The van der Waals surface area contributed by atoms with Gasteiger partial charge in [0.2, 0.25) is 5.91 Å². The van der Waals surface area contributed by atoms with E-state index < -0.39 is 0 Å². The van der Waals surface area contributed by atoms with E-state index in [1.165, 1.54) is 0 Å². The zero-order valence-corrected chi connectivity index (χ0v) is 17.4. The summed E-state index contributed by atoms with van der Waals surface area (Å²) in [6.07, 6.45) is 4.88. The zero-order chi connectivity index (χ0) is 20.8. The highest BCUT2D eigenvalue weighted by molar-refractivity contribution is 6.20. The second kappa shape index (κ2) is 7.27. The molecule has 3 amide bonds. The molecular weight excluding hydrogens is 380 g/mol. The van der Waals surface area contributed by atoms with Crippen LogP contribution in [0, 0.1) is 0 Å². The fraction of sp³-hybridized carbons (Fsp3) is 0.455. The molecule has 3 aliphatic rings. The number of benzene rings is 1. The molecule has 0 bridgehead atoms. The van der Waals surface area contributed by atoms with Crippen molar-refractivity contribution < 1.29 is 9.59 Å². The topological polar surface area (TPSA) is 74.0 Å². The van der Waals surface area contributed by atoms with Gasteiger partial charge in [-0.3, -0.25) is 19.6 Å². The van der Waals surface area contributed by atoms with Crippen LogP contribution < -0.4 is 4.90 Å². The van der Waals surface area contributed by atoms with Crippen molar-refractivity contribution >= 4 is 23.6 Å². The van der Waals surface area contributed by atoms with E-state index in [1.807, 2.05) is 35.2 Å². The lowest BCUT2D eigenvalue weighted by Gasteiger charge is -2.41. The average molecular weight is 406 g/mol. The first-order valence-corrected chi connectivity index (χ1v) is 10.6. The number of fused-ring (bicyclic) bond motifs is 3. The van der Waals surface area contributed by atoms with E-state index in [1.54, 1.807) is 20.7 Å². The second-order valence-corrected chi connectivity index (χ2v) is 8.28. The predicted molar refractivity (Wildman–Crippen MR) is 114 cm³/mol. The molecule has 30 heavy (non-hydrogen) atoms. The van der Waals surface area contributed by atoms with Gasteiger partial charge in [-0.05, 0) is 45.2 Å². The number of amidine groups is 1. The van der Waals surface area contributed by atoms with Crippen molar-refractivity contribution in [2.75, 3.05) is 24.5 Å². The Hall–Kier alpha value is -3.16. The lowest BCUT2D eigenvalue weighted by Crippen LogP contribution is -2.56. The first kappa shape index (κ1) is 18.8. The molecule has 0 radical (unpaired) electrons. The maximum Gasteiger partial charge on any atom is 0.331 e. The molecule has 2 atom stereocenters. The number of aromatic nitrogens is 2. The molecule has 0 spiro atoms. The van der Waals surface area contributed by atoms with Crippen LogP contribution in [0.2, 0.25) is 0 Å². The van der Waals surface area contributed by atoms with Crippen LogP contribution in [-0.4, -0.2) is 69.1 Å². The van der Waals surface area contributed by atoms with Gasteiger partial charge in [0.1, 0.15) is 12.4 Å². The summed E-state index contributed by atoms with van der Waals surface area (Å²) in [5, 5.41) is 4.55. The first-order valence-electron chi connectivity index (χ1n) is 10.6. The second-order valence-electron chi connectivity index (χ2n) is 8.28. The molecule has 8 heteroatoms. The lowest BCUT2D eigenvalue weighted by molar-refractivity contribution is -0.135. The number of carbonyl (C=O) groups is 2. The third-order valence-corrected chi connectivity index (χ3v) is 6.32. The standard InChI is InChI=1S/C22H26N6O2/c1-15-7-6-8-16(2)27(15)19(29)14-26-21-18(20-23-11-12-25(20)22(26)30)13-24-28(21)17-9-4-3-5-10-17/h3-5,9-10,13,15-16H,6-8,11-12,14H2,1-2H3/t15-,16-/m0/s1. The normalized spacial score (nSPS) is 23.3. The predicted octanol–water partition coefficient (Wildman–Crippen LogP) is 2.66. The Kier molecular flexibility index (Phi) is 4.56. The number of likely N-dealkylation sites (tertiary alicyclic amines) is 1. The summed E-state index contributed by atoms with van der Waals surface area (Å²) in [6, 6.07) is 9.84. The van der Waals surface area contributed by atoms with E-state index in [-0.39, 0.29) is 30.6 Å². The molecule has 0 saturated carbocycles. The van der Waals surface area contributed by atoms with Crippen molar-refractivity contribution in [3.63, 3.8) is 0 Å². The van der Waals surface area contributed by atoms with E-state index in [9.17, 15) is 9.59 Å². The fourth-order valence-electron chi connectivity index (χ4n) is 4.89. The quantitative estimate of drug-likeness (QED) is 0.787. The molecule has 1 saturated heterocycles. The number of amides is 3. The third-order valence-electron chi connectivity index (χ3n) is 6.32. The highest BCUT2D eigenvalue weighted by Crippen LogP contribution is 2.33. The fourth-order valence-corrected chi connectivity index (χ4v) is 4.89. The Bertz CT molecular complexity index is 1000. The average Bonchev–Trinajstić information content (AvgIpc) is 3.39. The highest BCUT2D eigenvalue weighted by atomic mass is 16.2. The van der Waals surface area contributed by atoms with Gasteiger partial charge in [-0.2, -0.15) is 5.10 Å². The molecule has 4 heterocycles. The van der Waals surface area contributed by atoms with Gasteiger partial charge in [-0.15, -0.1) is 0 Å². The number of piperidine rings is 1. The highest BCUT2D eigenvalue weighted by Gasteiger charge is 2.42. The third kappa shape index (κ3) is 2.89. The molecule has 2 aromatic rings. The SMILES string of the molecule is C[C@H]1CCC[C@H](C)N1C(=O)CN1C(=O)N2CCN=C2c2cnn(-c3ccccc3)c21. The van der Waals surface area contributed by atoms with Crippen molar-refractivity contribution in [2.24, 2.45) is 4.99 Å². The van der Waals surface area contributed by atoms with Crippen LogP contribution in [0.1, 0.15) is 38.7 Å². The van der Waals surface area contributed by atoms with E-state index in [0.717, 1.165) is 30.5 Å². The molecule has 0 N–H and O–H groups in total. The van der Waals surface area contributed by atoms with Crippen LogP contribution in [0.4, 0.5) is 10.6 Å². The van der Waals surface area contributed by atoms with Crippen molar-refractivity contribution in [1.82, 2.24) is 19.6 Å². The van der Waals surface area contributed by atoms with Gasteiger partial charge in [-0.25, -0.2) is 9.48 Å². The molecule has 0 unspecified atom stereocenters. The number of anilines is 1. The first-order chi connectivity index (χ1) is 14.6. The molecular formula is C22H26N6O2. The summed E-state index contributed by atoms with van der Waals surface area (Å²) in [6.45, 7) is 5.29. The van der Waals surface area contributed by atoms with Gasteiger partial charge in [0, 0.05) is 18.6 Å². The number of hydrogen-bond acceptors (Lipinski definition) is 4. The van der Waals surface area contributed by atoms with Crippen LogP contribution in [0.15, 0.2) is 41.5 Å². The lowest BCUT2D eigenvalue weighted by atomic mass is 9.97. The van der Waals surface area contributed by atoms with Gasteiger partial charge in [-0.1, -0.05) is 18.2 Å². The Morgan fingerprint density at radius 1 is 1.13 bits per heavy atom. The Morgan fingerprint density at radius 3 is 2.60 bits per heavy atom. The summed E-state index contributed by atoms with van der Waals surface area (Å²) in [7, 11) is 0. The maximum absolute atomic E-state index is 13.4. The molecule has 1 aromatic heterocycles. The zero-order valence-electron chi connectivity index (χ0n) is 17.4. The minimum atomic E-state index is -0.206. The van der Waals surface area contributed by atoms with Crippen molar-refractivity contribution in [3.05, 3.63) is 42.1 Å². The minimum absolute atomic E-state index is 0.00280. The van der Waals surface area contributed by atoms with E-state index in [0.29, 0.717) is 24.7 Å². The molecule has 5 rings (SSSR count). The number of nitrogens with zero attached hydrogens (tertiary/aromatic N) is 6. The molecule has 1 fully saturated rings. The van der Waals surface area contributed by atoms with Gasteiger partial charge in [0.05, 0.1) is 24.0 Å². The number of carbonyl (C=O) groups excluding carboxylic acids is 2. The Morgan fingerprint density at radius 2 is 1.87 bits per heavy atom. The van der Waals surface area contributed by atoms with Gasteiger partial charge in [0.25, 0.3) is 0 Å². The number of rotatable bonds is 3. The van der Waals surface area contributed by atoms with Crippen LogP contribution in [-0.2, 0) is 4.79 Å². The molecule has 8 nitrogen and oxygen atoms in total. The van der Waals surface area contributed by atoms with Crippen molar-refractivity contribution in [3.8, 4) is 5.69 Å². The molecule has 156 valence electrons. The Labute approximate surface area is 175 Å². The van der Waals surface area contributed by atoms with E-state index in [4.69, 9.17) is 0 Å². The number of para-hydroxylation sites is 1. The van der Waals surface area contributed by atoms with Gasteiger partial charge >= 0.3 is 6.03 Å². The largest absolute Gasteiger partial charge is 0.336 e. The summed E-state index contributed by atoms with van der Waals surface area (Å²) >= 11 is 0. The van der Waals surface area contributed by atoms with Gasteiger partial charge in [0.15, 0.2) is 5.82 Å². The summed E-state index contributed by atoms with van der Waals surface area (Å²) in [5.41, 5.74) is 1.64. The van der Waals surface area contributed by atoms with Crippen LogP contribution in [0.3, 0.4) is 0 Å². The van der Waals surface area contributed by atoms with E-state index in [2.05, 4.69) is 23.9 Å². The van der Waals surface area contributed by atoms with Crippen LogP contribution in [0.5, 0.6) is 0 Å². The van der Waals surface area contributed by atoms with Crippen LogP contribution in [0.25, 0.3) is 5.69 Å². The van der Waals surface area contributed by atoms with E-state index >= 15 is 0 Å². The van der Waals surface area contributed by atoms with Gasteiger partial charge < -0.3 is 4.90 Å². The number of aliphatic imine (C=N–C) groups is 1. The molecule has 0 aliphatic carbocycles. The van der Waals surface area contributed by atoms with Crippen LogP contribution >= 0.6 is 0 Å². The number of urea groups is 1. The summed E-state index contributed by atoms with van der Waals surface area (Å²) in [5.74, 6) is 1.25. The molecule has 1 aromatic carbocycles. The maximum atomic E-state index is 13.4. The van der Waals surface area contributed by atoms with Crippen molar-refractivity contribution in [2.45, 2.75) is 45.2 Å². The van der Waals surface area contributed by atoms with Crippen molar-refractivity contribution in [1.29, 1.82) is 0 Å². The molecule has 3 aliphatic heterocycles. The smallest absolute Gasteiger partial charge is 0.331 e.